The van der Waals surface area contributed by atoms with Crippen LogP contribution >= 0.6 is 11.8 Å². The minimum absolute atomic E-state index is 0.0146. The first-order chi connectivity index (χ1) is 15.4. The maximum atomic E-state index is 12.8. The Balaban J connectivity index is 1.66. The van der Waals surface area contributed by atoms with Crippen LogP contribution in [0.1, 0.15) is 46.5 Å². The number of nitrogens with one attached hydrogen (secondary N) is 2. The van der Waals surface area contributed by atoms with Crippen LogP contribution in [0.2, 0.25) is 0 Å². The molecular formula is C26H26N2O3S. The van der Waals surface area contributed by atoms with Crippen LogP contribution in [0.5, 0.6) is 0 Å². The van der Waals surface area contributed by atoms with Crippen molar-refractivity contribution in [3.8, 4) is 0 Å². The summed E-state index contributed by atoms with van der Waals surface area (Å²) in [5.41, 5.74) is 3.48. The predicted octanol–water partition coefficient (Wildman–Crippen LogP) is 5.96. The first kappa shape index (κ1) is 23.3. The number of benzene rings is 3. The molecule has 3 aromatic carbocycles. The molecule has 0 radical (unpaired) electrons. The van der Waals surface area contributed by atoms with Crippen LogP contribution in [-0.2, 0) is 4.79 Å². The molecule has 5 nitrogen and oxygen atoms in total. The Bertz CT molecular complexity index is 1130. The first-order valence-electron chi connectivity index (χ1n) is 10.4. The normalized spacial score (nSPS) is 11.5. The molecule has 0 bridgehead atoms. The Morgan fingerprint density at radius 2 is 1.59 bits per heavy atom. The third-order valence-electron chi connectivity index (χ3n) is 4.98. The fraction of sp³-hybridized carbons (Fsp3) is 0.192. The number of carbonyl (C=O) groups is 3. The van der Waals surface area contributed by atoms with Gasteiger partial charge in [-0.15, -0.1) is 11.8 Å². The van der Waals surface area contributed by atoms with Gasteiger partial charge in [0.05, 0.1) is 5.25 Å². The van der Waals surface area contributed by atoms with E-state index in [1.807, 2.05) is 56.3 Å². The summed E-state index contributed by atoms with van der Waals surface area (Å²) in [4.78, 5) is 37.7. The van der Waals surface area contributed by atoms with Gasteiger partial charge in [-0.1, -0.05) is 31.2 Å². The van der Waals surface area contributed by atoms with Crippen molar-refractivity contribution < 1.29 is 14.4 Å². The van der Waals surface area contributed by atoms with Crippen molar-refractivity contribution in [1.82, 2.24) is 0 Å². The molecule has 0 aliphatic carbocycles. The SMILES string of the molecule is CCC(Sc1cccc(NC(=O)c2ccccc2C)c1)C(=O)Nc1ccc(C(C)=O)cc1. The molecule has 0 heterocycles. The summed E-state index contributed by atoms with van der Waals surface area (Å²) in [5.74, 6) is -0.286. The maximum Gasteiger partial charge on any atom is 0.255 e. The molecule has 0 saturated carbocycles. The average Bonchev–Trinajstić information content (AvgIpc) is 2.78. The smallest absolute Gasteiger partial charge is 0.255 e. The number of hydrogen-bond acceptors (Lipinski definition) is 4. The molecule has 0 saturated heterocycles. The topological polar surface area (TPSA) is 75.3 Å². The number of ketones is 1. The van der Waals surface area contributed by atoms with E-state index in [0.717, 1.165) is 10.5 Å². The van der Waals surface area contributed by atoms with E-state index in [1.54, 1.807) is 30.3 Å². The molecule has 0 aliphatic heterocycles. The summed E-state index contributed by atoms with van der Waals surface area (Å²) < 4.78 is 0. The van der Waals surface area contributed by atoms with E-state index in [9.17, 15) is 14.4 Å². The number of anilines is 2. The molecule has 6 heteroatoms. The van der Waals surface area contributed by atoms with Crippen LogP contribution in [0.15, 0.2) is 77.7 Å². The van der Waals surface area contributed by atoms with Crippen molar-refractivity contribution in [2.75, 3.05) is 10.6 Å². The van der Waals surface area contributed by atoms with Gasteiger partial charge in [0.25, 0.3) is 5.91 Å². The van der Waals surface area contributed by atoms with Gasteiger partial charge in [0.1, 0.15) is 0 Å². The van der Waals surface area contributed by atoms with Crippen molar-refractivity contribution in [2.24, 2.45) is 0 Å². The van der Waals surface area contributed by atoms with Gasteiger partial charge in [-0.25, -0.2) is 0 Å². The summed E-state index contributed by atoms with van der Waals surface area (Å²) in [5, 5.41) is 5.55. The number of amides is 2. The lowest BCUT2D eigenvalue weighted by atomic mass is 10.1. The van der Waals surface area contributed by atoms with E-state index in [1.165, 1.54) is 18.7 Å². The summed E-state index contributed by atoms with van der Waals surface area (Å²) in [6.45, 7) is 5.37. The Kier molecular flexibility index (Phi) is 7.84. The predicted molar refractivity (Wildman–Crippen MR) is 131 cm³/mol. The highest BCUT2D eigenvalue weighted by molar-refractivity contribution is 8.00. The van der Waals surface area contributed by atoms with Crippen molar-refractivity contribution in [2.45, 2.75) is 37.3 Å². The fourth-order valence-corrected chi connectivity index (χ4v) is 4.18. The zero-order chi connectivity index (χ0) is 23.1. The van der Waals surface area contributed by atoms with E-state index < -0.39 is 0 Å². The van der Waals surface area contributed by atoms with Gasteiger partial charge in [0.2, 0.25) is 5.91 Å². The highest BCUT2D eigenvalue weighted by Gasteiger charge is 2.19. The molecule has 1 atom stereocenters. The molecule has 3 rings (SSSR count). The molecule has 0 spiro atoms. The van der Waals surface area contributed by atoms with Crippen molar-refractivity contribution in [3.05, 3.63) is 89.5 Å². The number of aryl methyl sites for hydroxylation is 1. The minimum atomic E-state index is -0.301. The lowest BCUT2D eigenvalue weighted by molar-refractivity contribution is -0.115. The maximum absolute atomic E-state index is 12.8. The lowest BCUT2D eigenvalue weighted by Crippen LogP contribution is -2.24. The highest BCUT2D eigenvalue weighted by Crippen LogP contribution is 2.29. The molecular weight excluding hydrogens is 420 g/mol. The van der Waals surface area contributed by atoms with Crippen LogP contribution in [0.4, 0.5) is 11.4 Å². The standard InChI is InChI=1S/C26H26N2O3S/c1-4-24(26(31)27-20-14-12-19(13-15-20)18(3)29)32-22-10-7-9-21(16-22)28-25(30)23-11-6-5-8-17(23)2/h5-16,24H,4H2,1-3H3,(H,27,31)(H,28,30). The minimum Gasteiger partial charge on any atom is -0.325 e. The van der Waals surface area contributed by atoms with Crippen molar-refractivity contribution in [3.63, 3.8) is 0 Å². The summed E-state index contributed by atoms with van der Waals surface area (Å²) >= 11 is 1.45. The van der Waals surface area contributed by atoms with E-state index in [0.29, 0.717) is 28.9 Å². The third-order valence-corrected chi connectivity index (χ3v) is 6.34. The van der Waals surface area contributed by atoms with E-state index in [2.05, 4.69) is 10.6 Å². The zero-order valence-electron chi connectivity index (χ0n) is 18.3. The van der Waals surface area contributed by atoms with Crippen molar-refractivity contribution in [1.29, 1.82) is 0 Å². The van der Waals surface area contributed by atoms with Crippen LogP contribution in [-0.4, -0.2) is 22.8 Å². The second-order valence-corrected chi connectivity index (χ2v) is 8.71. The van der Waals surface area contributed by atoms with E-state index >= 15 is 0 Å². The monoisotopic (exact) mass is 446 g/mol. The Morgan fingerprint density at radius 3 is 2.25 bits per heavy atom. The van der Waals surface area contributed by atoms with E-state index in [-0.39, 0.29) is 22.8 Å². The number of Topliss-reactive ketones (excluding diaryl/α,β-unsaturated/α-hetero) is 1. The summed E-state index contributed by atoms with van der Waals surface area (Å²) in [6, 6.07) is 21.8. The van der Waals surface area contributed by atoms with Gasteiger partial charge in [-0.2, -0.15) is 0 Å². The molecule has 0 fully saturated rings. The van der Waals surface area contributed by atoms with Gasteiger partial charge in [0, 0.05) is 27.4 Å². The quantitative estimate of drug-likeness (QED) is 0.331. The first-order valence-corrected chi connectivity index (χ1v) is 11.3. The molecule has 2 N–H and O–H groups in total. The van der Waals surface area contributed by atoms with E-state index in [4.69, 9.17) is 0 Å². The third kappa shape index (κ3) is 6.08. The average molecular weight is 447 g/mol. The molecule has 1 unspecified atom stereocenters. The fourth-order valence-electron chi connectivity index (χ4n) is 3.17. The van der Waals surface area contributed by atoms with Gasteiger partial charge in [-0.05, 0) is 74.4 Å². The summed E-state index contributed by atoms with van der Waals surface area (Å²) in [7, 11) is 0. The second-order valence-electron chi connectivity index (χ2n) is 7.43. The van der Waals surface area contributed by atoms with Crippen LogP contribution < -0.4 is 10.6 Å². The van der Waals surface area contributed by atoms with Gasteiger partial charge >= 0.3 is 0 Å². The molecule has 0 aromatic heterocycles. The van der Waals surface area contributed by atoms with Gasteiger partial charge in [-0.3, -0.25) is 14.4 Å². The lowest BCUT2D eigenvalue weighted by Gasteiger charge is -2.16. The number of carbonyl (C=O) groups excluding carboxylic acids is 3. The van der Waals surface area contributed by atoms with Gasteiger partial charge in [0.15, 0.2) is 5.78 Å². The van der Waals surface area contributed by atoms with Crippen LogP contribution in [0, 0.1) is 6.92 Å². The van der Waals surface area contributed by atoms with Crippen molar-refractivity contribution >= 4 is 40.7 Å². The molecule has 3 aromatic rings. The summed E-state index contributed by atoms with van der Waals surface area (Å²) in [6.07, 6.45) is 0.641. The zero-order valence-corrected chi connectivity index (χ0v) is 19.2. The molecule has 2 amide bonds. The number of rotatable bonds is 8. The molecule has 0 aliphatic rings. The largest absolute Gasteiger partial charge is 0.325 e. The molecule has 164 valence electrons. The van der Waals surface area contributed by atoms with Crippen LogP contribution in [0.25, 0.3) is 0 Å². The Labute approximate surface area is 192 Å². The second kappa shape index (κ2) is 10.8. The number of thioether (sulfide) groups is 1. The number of hydrogen-bond donors (Lipinski definition) is 2. The van der Waals surface area contributed by atoms with Gasteiger partial charge < -0.3 is 10.6 Å². The Morgan fingerprint density at radius 1 is 0.875 bits per heavy atom. The Hall–Kier alpha value is -3.38. The van der Waals surface area contributed by atoms with Crippen LogP contribution in [0.3, 0.4) is 0 Å². The highest BCUT2D eigenvalue weighted by atomic mass is 32.2. The molecule has 32 heavy (non-hydrogen) atoms.